The summed E-state index contributed by atoms with van der Waals surface area (Å²) in [5.74, 6) is -0.417. The zero-order valence-corrected chi connectivity index (χ0v) is 14.2. The van der Waals surface area contributed by atoms with Crippen LogP contribution in [0, 0.1) is 0 Å². The second-order valence-electron chi connectivity index (χ2n) is 4.12. The zero-order valence-electron chi connectivity index (χ0n) is 11.0. The summed E-state index contributed by atoms with van der Waals surface area (Å²) in [6.07, 6.45) is 0.720. The molecule has 1 aromatic carbocycles. The Morgan fingerprint density at radius 1 is 1.50 bits per heavy atom. The summed E-state index contributed by atoms with van der Waals surface area (Å²) >= 11 is 11.0. The normalized spacial score (nSPS) is 10.6. The fraction of sp³-hybridized carbons (Fsp3) is 0.214. The second kappa shape index (κ2) is 6.16. The number of esters is 1. The number of anilines is 1. The van der Waals surface area contributed by atoms with E-state index < -0.39 is 5.97 Å². The van der Waals surface area contributed by atoms with Gasteiger partial charge in [-0.15, -0.1) is 11.3 Å². The van der Waals surface area contributed by atoms with Crippen LogP contribution in [0.5, 0.6) is 0 Å². The van der Waals surface area contributed by atoms with Crippen molar-refractivity contribution in [1.82, 2.24) is 0 Å². The third-order valence-electron chi connectivity index (χ3n) is 2.95. The van der Waals surface area contributed by atoms with Gasteiger partial charge in [0.15, 0.2) is 0 Å². The third kappa shape index (κ3) is 2.71. The van der Waals surface area contributed by atoms with Gasteiger partial charge in [-0.1, -0.05) is 34.5 Å². The van der Waals surface area contributed by atoms with Gasteiger partial charge in [-0.05, 0) is 30.2 Å². The van der Waals surface area contributed by atoms with Crippen LogP contribution >= 0.6 is 38.9 Å². The molecule has 106 valence electrons. The highest BCUT2D eigenvalue weighted by atomic mass is 79.9. The maximum absolute atomic E-state index is 11.8. The van der Waals surface area contributed by atoms with Gasteiger partial charge in [-0.2, -0.15) is 0 Å². The highest BCUT2D eigenvalue weighted by Gasteiger charge is 2.22. The summed E-state index contributed by atoms with van der Waals surface area (Å²) in [5.41, 5.74) is 8.35. The molecule has 0 saturated carbocycles. The van der Waals surface area contributed by atoms with Crippen molar-refractivity contribution in [2.45, 2.75) is 13.3 Å². The number of halogens is 2. The van der Waals surface area contributed by atoms with Crippen molar-refractivity contribution < 1.29 is 9.53 Å². The van der Waals surface area contributed by atoms with Crippen LogP contribution < -0.4 is 5.73 Å². The predicted octanol–water partition coefficient (Wildman–Crippen LogP) is 4.76. The molecule has 0 bridgehead atoms. The largest absolute Gasteiger partial charge is 0.465 e. The van der Waals surface area contributed by atoms with Crippen molar-refractivity contribution in [3.05, 3.63) is 38.1 Å². The first-order valence-corrected chi connectivity index (χ1v) is 7.93. The summed E-state index contributed by atoms with van der Waals surface area (Å²) in [6, 6.07) is 5.61. The van der Waals surface area contributed by atoms with Gasteiger partial charge in [0, 0.05) is 19.9 Å². The van der Waals surface area contributed by atoms with Crippen LogP contribution in [0.1, 0.15) is 22.2 Å². The molecule has 0 spiro atoms. The lowest BCUT2D eigenvalue weighted by atomic mass is 10.1. The van der Waals surface area contributed by atoms with E-state index in [-0.39, 0.29) is 0 Å². The van der Waals surface area contributed by atoms with Crippen molar-refractivity contribution in [2.75, 3.05) is 12.8 Å². The molecule has 0 aliphatic carbocycles. The maximum Gasteiger partial charge on any atom is 0.350 e. The first-order chi connectivity index (χ1) is 9.49. The van der Waals surface area contributed by atoms with E-state index in [0.717, 1.165) is 26.9 Å². The zero-order chi connectivity index (χ0) is 14.9. The highest BCUT2D eigenvalue weighted by Crippen LogP contribution is 2.42. The van der Waals surface area contributed by atoms with Crippen LogP contribution in [-0.4, -0.2) is 13.1 Å². The third-order valence-corrected chi connectivity index (χ3v) is 5.03. The molecule has 3 nitrogen and oxygen atoms in total. The molecule has 1 heterocycles. The Balaban J connectivity index is 2.68. The van der Waals surface area contributed by atoms with Crippen LogP contribution in [0.25, 0.3) is 10.4 Å². The Bertz CT molecular complexity index is 669. The number of nitrogens with two attached hydrogens (primary N) is 1. The van der Waals surface area contributed by atoms with Crippen molar-refractivity contribution in [2.24, 2.45) is 0 Å². The number of carbonyl (C=O) groups excluding carboxylic acids is 1. The Hall–Kier alpha value is -1.04. The average molecular weight is 375 g/mol. The number of hydrogen-bond acceptors (Lipinski definition) is 4. The van der Waals surface area contributed by atoms with E-state index in [9.17, 15) is 4.79 Å². The first kappa shape index (κ1) is 15.4. The number of carbonyl (C=O) groups is 1. The highest BCUT2D eigenvalue weighted by molar-refractivity contribution is 9.10. The molecular weight excluding hydrogens is 362 g/mol. The lowest BCUT2D eigenvalue weighted by Crippen LogP contribution is -2.02. The molecule has 0 unspecified atom stereocenters. The predicted molar refractivity (Wildman–Crippen MR) is 87.6 cm³/mol. The smallest absolute Gasteiger partial charge is 0.350 e. The fourth-order valence-electron chi connectivity index (χ4n) is 1.96. The number of rotatable bonds is 3. The Labute approximate surface area is 134 Å². The summed E-state index contributed by atoms with van der Waals surface area (Å²) in [7, 11) is 1.35. The van der Waals surface area contributed by atoms with E-state index in [1.165, 1.54) is 18.4 Å². The monoisotopic (exact) mass is 373 g/mol. The van der Waals surface area contributed by atoms with E-state index in [1.54, 1.807) is 0 Å². The van der Waals surface area contributed by atoms with Gasteiger partial charge in [0.25, 0.3) is 0 Å². The lowest BCUT2D eigenvalue weighted by Gasteiger charge is -2.05. The van der Waals surface area contributed by atoms with Gasteiger partial charge in [0.1, 0.15) is 4.88 Å². The number of nitrogen functional groups attached to an aromatic ring is 1. The Morgan fingerprint density at radius 2 is 2.20 bits per heavy atom. The van der Waals surface area contributed by atoms with Gasteiger partial charge >= 0.3 is 5.97 Å². The number of methoxy groups -OCH3 is 1. The van der Waals surface area contributed by atoms with E-state index in [2.05, 4.69) is 15.9 Å². The molecule has 20 heavy (non-hydrogen) atoms. The molecule has 2 rings (SSSR count). The number of ether oxygens (including phenoxy) is 1. The van der Waals surface area contributed by atoms with Gasteiger partial charge in [0.2, 0.25) is 0 Å². The molecule has 0 aliphatic heterocycles. The molecule has 2 aromatic rings. The molecule has 0 fully saturated rings. The fourth-order valence-corrected chi connectivity index (χ4v) is 3.85. The van der Waals surface area contributed by atoms with Crippen molar-refractivity contribution in [3.8, 4) is 10.4 Å². The molecular formula is C14H13BrClNO2S. The van der Waals surface area contributed by atoms with Crippen molar-refractivity contribution in [1.29, 1.82) is 0 Å². The van der Waals surface area contributed by atoms with Gasteiger partial charge in [0.05, 0.1) is 12.8 Å². The van der Waals surface area contributed by atoms with Gasteiger partial charge in [-0.25, -0.2) is 4.79 Å². The van der Waals surface area contributed by atoms with Crippen LogP contribution in [0.15, 0.2) is 22.7 Å². The summed E-state index contributed by atoms with van der Waals surface area (Å²) in [6.45, 7) is 1.99. The quantitative estimate of drug-likeness (QED) is 0.788. The summed E-state index contributed by atoms with van der Waals surface area (Å²) < 4.78 is 5.69. The number of benzene rings is 1. The Morgan fingerprint density at radius 3 is 2.80 bits per heavy atom. The minimum Gasteiger partial charge on any atom is -0.465 e. The van der Waals surface area contributed by atoms with E-state index in [1.807, 2.05) is 25.1 Å². The number of hydrogen-bond donors (Lipinski definition) is 1. The van der Waals surface area contributed by atoms with Crippen LogP contribution in [0.2, 0.25) is 5.02 Å². The van der Waals surface area contributed by atoms with E-state index in [4.69, 9.17) is 22.1 Å². The van der Waals surface area contributed by atoms with Gasteiger partial charge in [-0.3, -0.25) is 0 Å². The van der Waals surface area contributed by atoms with Crippen molar-refractivity contribution in [3.63, 3.8) is 0 Å². The topological polar surface area (TPSA) is 52.3 Å². The molecule has 0 aliphatic rings. The summed E-state index contributed by atoms with van der Waals surface area (Å²) in [5, 5.41) is 0.626. The van der Waals surface area contributed by atoms with Gasteiger partial charge < -0.3 is 10.5 Å². The Kier molecular flexibility index (Phi) is 4.73. The SMILES string of the molecule is CCc1c(-c2cc(Br)ccc2Cl)sc(C(=O)OC)c1N. The molecule has 6 heteroatoms. The molecule has 1 aromatic heterocycles. The maximum atomic E-state index is 11.8. The lowest BCUT2D eigenvalue weighted by molar-refractivity contribution is 0.0607. The van der Waals surface area contributed by atoms with E-state index >= 15 is 0 Å². The first-order valence-electron chi connectivity index (χ1n) is 5.94. The van der Waals surface area contributed by atoms with Crippen molar-refractivity contribution >= 4 is 50.5 Å². The molecule has 0 amide bonds. The minimum atomic E-state index is -0.417. The molecule has 0 radical (unpaired) electrons. The van der Waals surface area contributed by atoms with Crippen LogP contribution in [0.4, 0.5) is 5.69 Å². The molecule has 2 N–H and O–H groups in total. The standard InChI is InChI=1S/C14H13BrClNO2S/c1-3-8-11(17)13(14(18)19-2)20-12(8)9-6-7(15)4-5-10(9)16/h4-6H,3,17H2,1-2H3. The molecule has 0 saturated heterocycles. The van der Waals surface area contributed by atoms with Crippen LogP contribution in [0.3, 0.4) is 0 Å². The molecule has 0 atom stereocenters. The second-order valence-corrected chi connectivity index (χ2v) is 6.47. The van der Waals surface area contributed by atoms with E-state index in [0.29, 0.717) is 15.6 Å². The van der Waals surface area contributed by atoms with Crippen LogP contribution in [-0.2, 0) is 11.2 Å². The minimum absolute atomic E-state index is 0.417. The number of thiophene rings is 1. The average Bonchev–Trinajstić information content (AvgIpc) is 2.77. The summed E-state index contributed by atoms with van der Waals surface area (Å²) in [4.78, 5) is 13.1.